The maximum absolute atomic E-state index is 12.8. The summed E-state index contributed by atoms with van der Waals surface area (Å²) in [5, 5.41) is 9.21. The van der Waals surface area contributed by atoms with E-state index in [1.807, 2.05) is 27.7 Å². The fourth-order valence-corrected chi connectivity index (χ4v) is 2.45. The van der Waals surface area contributed by atoms with Crippen molar-refractivity contribution in [2.75, 3.05) is 26.4 Å². The molecule has 1 heterocycles. The van der Waals surface area contributed by atoms with Gasteiger partial charge in [-0.05, 0) is 19.3 Å². The molecular weight excluding hydrogens is 274 g/mol. The van der Waals surface area contributed by atoms with Gasteiger partial charge < -0.3 is 19.5 Å². The van der Waals surface area contributed by atoms with Crippen LogP contribution in [-0.4, -0.2) is 60.4 Å². The molecule has 1 amide bonds. The summed E-state index contributed by atoms with van der Waals surface area (Å²) in [5.41, 5.74) is -0.532. The van der Waals surface area contributed by atoms with Gasteiger partial charge in [-0.1, -0.05) is 20.8 Å². The maximum atomic E-state index is 12.8. The minimum absolute atomic E-state index is 0.125. The van der Waals surface area contributed by atoms with Gasteiger partial charge in [0.25, 0.3) is 0 Å². The van der Waals surface area contributed by atoms with Gasteiger partial charge in [-0.3, -0.25) is 9.59 Å². The van der Waals surface area contributed by atoms with Crippen molar-refractivity contribution in [3.63, 3.8) is 0 Å². The lowest BCUT2D eigenvalue weighted by Gasteiger charge is -2.41. The van der Waals surface area contributed by atoms with Crippen LogP contribution in [0, 0.1) is 11.3 Å². The van der Waals surface area contributed by atoms with E-state index in [2.05, 4.69) is 0 Å². The molecule has 0 bridgehead atoms. The minimum atomic E-state index is -0.850. The molecule has 6 heteroatoms. The van der Waals surface area contributed by atoms with Crippen molar-refractivity contribution in [1.82, 2.24) is 4.90 Å². The zero-order valence-electron chi connectivity index (χ0n) is 13.6. The summed E-state index contributed by atoms with van der Waals surface area (Å²) in [5.74, 6) is -1.60. The van der Waals surface area contributed by atoms with E-state index in [4.69, 9.17) is 9.47 Å². The van der Waals surface area contributed by atoms with Gasteiger partial charge in [-0.25, -0.2) is 0 Å². The van der Waals surface area contributed by atoms with Crippen molar-refractivity contribution in [3.05, 3.63) is 0 Å². The second-order valence-corrected chi connectivity index (χ2v) is 6.53. The molecule has 0 spiro atoms. The Hall–Kier alpha value is -1.14. The Balaban J connectivity index is 2.96. The lowest BCUT2D eigenvalue weighted by atomic mass is 9.79. The van der Waals surface area contributed by atoms with Gasteiger partial charge in [-0.2, -0.15) is 0 Å². The van der Waals surface area contributed by atoms with Crippen LogP contribution in [0.25, 0.3) is 0 Å². The van der Waals surface area contributed by atoms with Crippen LogP contribution in [0.15, 0.2) is 0 Å². The molecule has 0 aromatic rings. The predicted octanol–water partition coefficient (Wildman–Crippen LogP) is 0.820. The molecule has 122 valence electrons. The minimum Gasteiger partial charge on any atom is -0.465 e. The molecule has 0 aromatic carbocycles. The van der Waals surface area contributed by atoms with Crippen molar-refractivity contribution in [2.24, 2.45) is 11.3 Å². The molecule has 3 unspecified atom stereocenters. The number of carbonyl (C=O) groups excluding carboxylic acids is 2. The smallest absolute Gasteiger partial charge is 0.319 e. The molecule has 0 aliphatic carbocycles. The van der Waals surface area contributed by atoms with Gasteiger partial charge >= 0.3 is 5.97 Å². The van der Waals surface area contributed by atoms with E-state index in [0.717, 1.165) is 0 Å². The second-order valence-electron chi connectivity index (χ2n) is 6.53. The number of esters is 1. The van der Waals surface area contributed by atoms with Crippen molar-refractivity contribution >= 4 is 11.9 Å². The van der Waals surface area contributed by atoms with Gasteiger partial charge in [0.1, 0.15) is 5.92 Å². The third-order valence-electron chi connectivity index (χ3n) is 3.63. The molecule has 0 radical (unpaired) electrons. The summed E-state index contributed by atoms with van der Waals surface area (Å²) in [6.45, 7) is 9.90. The molecule has 1 saturated heterocycles. The molecule has 3 atom stereocenters. The first kappa shape index (κ1) is 17.9. The molecule has 21 heavy (non-hydrogen) atoms. The number of nitrogens with zero attached hydrogens (tertiary/aromatic N) is 1. The van der Waals surface area contributed by atoms with Crippen molar-refractivity contribution in [1.29, 1.82) is 0 Å². The van der Waals surface area contributed by atoms with Crippen LogP contribution < -0.4 is 0 Å². The van der Waals surface area contributed by atoms with Crippen LogP contribution in [-0.2, 0) is 19.1 Å². The van der Waals surface area contributed by atoms with Crippen molar-refractivity contribution in [2.45, 2.75) is 46.8 Å². The van der Waals surface area contributed by atoms with E-state index in [9.17, 15) is 14.7 Å². The summed E-state index contributed by atoms with van der Waals surface area (Å²) in [6, 6.07) is -0.125. The number of hydrogen-bond acceptors (Lipinski definition) is 5. The Morgan fingerprint density at radius 1 is 1.43 bits per heavy atom. The summed E-state index contributed by atoms with van der Waals surface area (Å²) >= 11 is 0. The van der Waals surface area contributed by atoms with E-state index in [1.54, 1.807) is 11.8 Å². The van der Waals surface area contributed by atoms with Crippen LogP contribution in [0.4, 0.5) is 0 Å². The third-order valence-corrected chi connectivity index (χ3v) is 3.63. The van der Waals surface area contributed by atoms with Gasteiger partial charge in [0.15, 0.2) is 0 Å². The molecule has 1 aliphatic rings. The predicted molar refractivity (Wildman–Crippen MR) is 77.6 cm³/mol. The van der Waals surface area contributed by atoms with Crippen LogP contribution in [0.2, 0.25) is 0 Å². The highest BCUT2D eigenvalue weighted by atomic mass is 16.5. The summed E-state index contributed by atoms with van der Waals surface area (Å²) in [6.07, 6.45) is -0.395. The number of aliphatic hydroxyl groups is 1. The Bertz CT molecular complexity index is 377. The molecule has 1 fully saturated rings. The number of carbonyl (C=O) groups is 2. The zero-order chi connectivity index (χ0) is 16.2. The molecule has 0 aromatic heterocycles. The highest BCUT2D eigenvalue weighted by Gasteiger charge is 2.43. The van der Waals surface area contributed by atoms with E-state index in [1.165, 1.54) is 0 Å². The van der Waals surface area contributed by atoms with Gasteiger partial charge in [0.2, 0.25) is 5.91 Å². The van der Waals surface area contributed by atoms with Crippen LogP contribution in [0.3, 0.4) is 0 Å². The maximum Gasteiger partial charge on any atom is 0.319 e. The lowest BCUT2D eigenvalue weighted by molar-refractivity contribution is -0.167. The lowest BCUT2D eigenvalue weighted by Crippen LogP contribution is -2.56. The Labute approximate surface area is 126 Å². The normalized spacial score (nSPS) is 24.6. The van der Waals surface area contributed by atoms with Crippen molar-refractivity contribution in [3.8, 4) is 0 Å². The Kier molecular flexibility index (Phi) is 6.16. The fraction of sp³-hybridized carbons (Fsp3) is 0.867. The van der Waals surface area contributed by atoms with Gasteiger partial charge in [0.05, 0.1) is 32.0 Å². The number of hydrogen-bond donors (Lipinski definition) is 1. The quantitative estimate of drug-likeness (QED) is 0.614. The number of ether oxygens (including phenoxy) is 2. The van der Waals surface area contributed by atoms with Crippen LogP contribution >= 0.6 is 0 Å². The highest BCUT2D eigenvalue weighted by molar-refractivity contribution is 5.98. The summed E-state index contributed by atoms with van der Waals surface area (Å²) < 4.78 is 10.5. The Morgan fingerprint density at radius 2 is 2.05 bits per heavy atom. The van der Waals surface area contributed by atoms with Crippen LogP contribution in [0.1, 0.15) is 34.6 Å². The molecular formula is C15H27NO5. The first-order chi connectivity index (χ1) is 9.72. The highest BCUT2D eigenvalue weighted by Crippen LogP contribution is 2.30. The summed E-state index contributed by atoms with van der Waals surface area (Å²) in [7, 11) is 0. The average Bonchev–Trinajstić information content (AvgIpc) is 2.37. The van der Waals surface area contributed by atoms with Gasteiger partial charge in [0, 0.05) is 6.54 Å². The topological polar surface area (TPSA) is 76.1 Å². The fourth-order valence-electron chi connectivity index (χ4n) is 2.45. The number of aliphatic hydroxyl groups excluding tert-OH is 1. The number of morpholine rings is 1. The second kappa shape index (κ2) is 7.22. The molecule has 1 rings (SSSR count). The zero-order valence-corrected chi connectivity index (χ0v) is 13.6. The Morgan fingerprint density at radius 3 is 2.52 bits per heavy atom. The van der Waals surface area contributed by atoms with E-state index in [0.29, 0.717) is 13.2 Å². The van der Waals surface area contributed by atoms with Crippen LogP contribution in [0.5, 0.6) is 0 Å². The van der Waals surface area contributed by atoms with E-state index >= 15 is 0 Å². The first-order valence-corrected chi connectivity index (χ1v) is 7.41. The number of rotatable bonds is 4. The number of amides is 1. The monoisotopic (exact) mass is 301 g/mol. The molecule has 1 aliphatic heterocycles. The van der Waals surface area contributed by atoms with Gasteiger partial charge in [-0.15, -0.1) is 0 Å². The summed E-state index contributed by atoms with van der Waals surface area (Å²) in [4.78, 5) is 26.6. The SMILES string of the molecule is CCOC(=O)C(C(=O)N1CC(CO)OCC1C)C(C)(C)C. The van der Waals surface area contributed by atoms with E-state index in [-0.39, 0.29) is 25.2 Å². The van der Waals surface area contributed by atoms with Crippen molar-refractivity contribution < 1.29 is 24.2 Å². The first-order valence-electron chi connectivity index (χ1n) is 7.41. The van der Waals surface area contributed by atoms with E-state index < -0.39 is 23.4 Å². The standard InChI is InChI=1S/C15H27NO5/c1-6-20-14(19)12(15(3,4)5)13(18)16-7-11(8-17)21-9-10(16)2/h10-12,17H,6-9H2,1-5H3. The molecule has 6 nitrogen and oxygen atoms in total. The average molecular weight is 301 g/mol. The third kappa shape index (κ3) is 4.41. The largest absolute Gasteiger partial charge is 0.465 e. The molecule has 0 saturated carbocycles. The molecule has 1 N–H and O–H groups in total.